The molecule has 2 nitrogen and oxygen atoms in total. The van der Waals surface area contributed by atoms with Crippen molar-refractivity contribution in [3.05, 3.63) is 150 Å². The molecule has 0 saturated carbocycles. The third-order valence-corrected chi connectivity index (χ3v) is 11.1. The van der Waals surface area contributed by atoms with Gasteiger partial charge in [-0.15, -0.1) is 11.3 Å². The molecule has 208 valence electrons. The summed E-state index contributed by atoms with van der Waals surface area (Å²) in [6.07, 6.45) is 4.70. The van der Waals surface area contributed by atoms with Crippen molar-refractivity contribution in [2.75, 3.05) is 5.32 Å². The average Bonchev–Trinajstić information content (AvgIpc) is 3.76. The smallest absolute Gasteiger partial charge is 0.0609 e. The molecular weight excluding hydrogens is 553 g/mol. The largest absolute Gasteiger partial charge is 0.357 e. The Morgan fingerprint density at radius 2 is 1.34 bits per heavy atom. The van der Waals surface area contributed by atoms with Crippen molar-refractivity contribution in [1.29, 1.82) is 0 Å². The second-order valence-corrected chi connectivity index (χ2v) is 13.2. The van der Waals surface area contributed by atoms with Crippen LogP contribution in [0.3, 0.4) is 0 Å². The van der Waals surface area contributed by atoms with Gasteiger partial charge in [-0.2, -0.15) is 0 Å². The van der Waals surface area contributed by atoms with Gasteiger partial charge in [-0.3, -0.25) is 0 Å². The molecule has 0 fully saturated rings. The highest BCUT2D eigenvalue weighted by atomic mass is 32.1. The molecule has 6 aromatic carbocycles. The van der Waals surface area contributed by atoms with E-state index in [0.717, 1.165) is 0 Å². The molecule has 1 N–H and O–H groups in total. The zero-order valence-electron chi connectivity index (χ0n) is 24.2. The Labute approximate surface area is 259 Å². The van der Waals surface area contributed by atoms with E-state index in [1.807, 2.05) is 11.3 Å². The minimum absolute atomic E-state index is 0.283. The molecule has 2 atom stereocenters. The van der Waals surface area contributed by atoms with Crippen LogP contribution in [0.25, 0.3) is 64.0 Å². The van der Waals surface area contributed by atoms with Crippen molar-refractivity contribution in [3.8, 4) is 5.69 Å². The Bertz CT molecular complexity index is 2540. The molecule has 44 heavy (non-hydrogen) atoms. The van der Waals surface area contributed by atoms with Gasteiger partial charge in [0.25, 0.3) is 0 Å². The van der Waals surface area contributed by atoms with Crippen molar-refractivity contribution in [1.82, 2.24) is 4.57 Å². The first-order valence-corrected chi connectivity index (χ1v) is 16.2. The van der Waals surface area contributed by atoms with Crippen molar-refractivity contribution < 1.29 is 0 Å². The molecule has 2 aliphatic rings. The zero-order valence-corrected chi connectivity index (χ0v) is 25.0. The Morgan fingerprint density at radius 1 is 0.636 bits per heavy atom. The second kappa shape index (κ2) is 8.95. The van der Waals surface area contributed by atoms with Crippen LogP contribution in [-0.2, 0) is 0 Å². The molecule has 2 aromatic heterocycles. The number of fused-ring (bicyclic) bond motifs is 13. The molecule has 0 radical (unpaired) electrons. The van der Waals surface area contributed by atoms with E-state index in [4.69, 9.17) is 0 Å². The fourth-order valence-electron chi connectivity index (χ4n) is 8.05. The van der Waals surface area contributed by atoms with E-state index >= 15 is 0 Å². The van der Waals surface area contributed by atoms with Crippen molar-refractivity contribution in [2.24, 2.45) is 5.92 Å². The Morgan fingerprint density at radius 3 is 2.20 bits per heavy atom. The predicted molar refractivity (Wildman–Crippen MR) is 189 cm³/mol. The lowest BCUT2D eigenvalue weighted by Crippen LogP contribution is -2.15. The number of anilines is 1. The summed E-state index contributed by atoms with van der Waals surface area (Å²) in [5, 5.41) is 12.0. The van der Waals surface area contributed by atoms with Gasteiger partial charge in [-0.25, -0.2) is 0 Å². The fraction of sp³-hybridized carbons (Fsp3) is 0.0732. The first kappa shape index (κ1) is 24.3. The summed E-state index contributed by atoms with van der Waals surface area (Å²) in [4.78, 5) is 0. The summed E-state index contributed by atoms with van der Waals surface area (Å²) in [6.45, 7) is 2.42. The highest BCUT2D eigenvalue weighted by Crippen LogP contribution is 2.56. The topological polar surface area (TPSA) is 17.0 Å². The van der Waals surface area contributed by atoms with Crippen LogP contribution < -0.4 is 5.32 Å². The predicted octanol–water partition coefficient (Wildman–Crippen LogP) is 11.4. The normalized spacial score (nSPS) is 17.7. The number of benzene rings is 6. The maximum atomic E-state index is 3.93. The van der Waals surface area contributed by atoms with Crippen LogP contribution in [0.4, 0.5) is 5.69 Å². The quantitative estimate of drug-likeness (QED) is 0.215. The zero-order chi connectivity index (χ0) is 28.9. The standard InChI is InChI=1S/C41H28N2S/c1-24-27(25-19-22-35-32(23-25)28-13-7-9-17-34(28)43(35)26-11-3-2-4-12-26)20-21-33-37(24)39-30-15-6-5-14-29(30)38-31-16-8-10-18-36(31)44-41(38)40(39)42-33/h2-24,37,42H,1H3. The van der Waals surface area contributed by atoms with Crippen LogP contribution >= 0.6 is 11.3 Å². The summed E-state index contributed by atoms with van der Waals surface area (Å²) in [5.41, 5.74) is 10.4. The van der Waals surface area contributed by atoms with Gasteiger partial charge < -0.3 is 9.88 Å². The molecule has 0 spiro atoms. The van der Waals surface area contributed by atoms with Gasteiger partial charge in [0.05, 0.1) is 21.4 Å². The van der Waals surface area contributed by atoms with Gasteiger partial charge in [-0.05, 0) is 75.9 Å². The van der Waals surface area contributed by atoms with Crippen LogP contribution in [0.1, 0.15) is 24.0 Å². The maximum Gasteiger partial charge on any atom is 0.0609 e. The van der Waals surface area contributed by atoms with Crippen LogP contribution in [0.15, 0.2) is 139 Å². The summed E-state index contributed by atoms with van der Waals surface area (Å²) >= 11 is 1.92. The van der Waals surface area contributed by atoms with Crippen LogP contribution in [0.5, 0.6) is 0 Å². The molecule has 8 aromatic rings. The molecule has 10 rings (SSSR count). The lowest BCUT2D eigenvalue weighted by molar-refractivity contribution is 0.646. The minimum atomic E-state index is 0.283. The van der Waals surface area contributed by atoms with E-state index in [-0.39, 0.29) is 5.92 Å². The molecule has 0 saturated heterocycles. The van der Waals surface area contributed by atoms with E-state index in [2.05, 4.69) is 150 Å². The molecule has 1 aliphatic carbocycles. The number of rotatable bonds is 2. The number of thiophene rings is 1. The van der Waals surface area contributed by atoms with E-state index < -0.39 is 0 Å². The first-order chi connectivity index (χ1) is 21.8. The van der Waals surface area contributed by atoms with Crippen LogP contribution in [0, 0.1) is 5.92 Å². The van der Waals surface area contributed by atoms with Gasteiger partial charge in [0.2, 0.25) is 0 Å². The summed E-state index contributed by atoms with van der Waals surface area (Å²) in [7, 11) is 0. The lowest BCUT2D eigenvalue weighted by Gasteiger charge is -2.28. The van der Waals surface area contributed by atoms with E-state index in [0.29, 0.717) is 5.92 Å². The minimum Gasteiger partial charge on any atom is -0.357 e. The number of para-hydroxylation sites is 2. The third kappa shape index (κ3) is 3.20. The molecule has 1 aliphatic heterocycles. The van der Waals surface area contributed by atoms with Crippen molar-refractivity contribution in [2.45, 2.75) is 12.8 Å². The third-order valence-electron chi connectivity index (χ3n) is 9.95. The molecule has 3 heterocycles. The monoisotopic (exact) mass is 580 g/mol. The molecule has 3 heteroatoms. The van der Waals surface area contributed by atoms with Gasteiger partial charge >= 0.3 is 0 Å². The summed E-state index contributed by atoms with van der Waals surface area (Å²) in [6, 6.07) is 44.5. The number of nitrogens with zero attached hydrogens (tertiary/aromatic N) is 1. The Balaban J connectivity index is 1.16. The fourth-order valence-corrected chi connectivity index (χ4v) is 9.28. The molecule has 0 bridgehead atoms. The Kier molecular flexibility index (Phi) is 4.95. The number of aromatic nitrogens is 1. The van der Waals surface area contributed by atoms with Crippen LogP contribution in [0.2, 0.25) is 0 Å². The highest BCUT2D eigenvalue weighted by Gasteiger charge is 2.38. The Hall–Kier alpha value is -5.12. The molecule has 2 unspecified atom stereocenters. The van der Waals surface area contributed by atoms with E-state index in [9.17, 15) is 0 Å². The lowest BCUT2D eigenvalue weighted by atomic mass is 9.75. The second-order valence-electron chi connectivity index (χ2n) is 12.2. The van der Waals surface area contributed by atoms with Crippen LogP contribution in [-0.4, -0.2) is 4.57 Å². The van der Waals surface area contributed by atoms with E-state index in [1.54, 1.807) is 0 Å². The SMILES string of the molecule is CC1C(c2ccc3c(c2)c2ccccc2n3-c2ccccc2)=CC=C2Nc3c(c4ccccc4c4c3sc3ccccc34)C21. The molecule has 0 amide bonds. The van der Waals surface area contributed by atoms with Gasteiger partial charge in [0.1, 0.15) is 0 Å². The molecular formula is C41H28N2S. The van der Waals surface area contributed by atoms with Crippen molar-refractivity contribution in [3.63, 3.8) is 0 Å². The number of allylic oxidation sites excluding steroid dienone is 4. The van der Waals surface area contributed by atoms with Gasteiger partial charge in [0, 0.05) is 43.5 Å². The maximum absolute atomic E-state index is 3.93. The highest BCUT2D eigenvalue weighted by molar-refractivity contribution is 7.26. The number of hydrogen-bond acceptors (Lipinski definition) is 2. The summed E-state index contributed by atoms with van der Waals surface area (Å²) in [5.74, 6) is 0.602. The number of hydrogen-bond donors (Lipinski definition) is 1. The van der Waals surface area contributed by atoms with Crippen molar-refractivity contribution >= 4 is 75.3 Å². The van der Waals surface area contributed by atoms with E-state index in [1.165, 1.54) is 86.5 Å². The first-order valence-electron chi connectivity index (χ1n) is 15.4. The summed E-state index contributed by atoms with van der Waals surface area (Å²) < 4.78 is 5.12. The van der Waals surface area contributed by atoms with Gasteiger partial charge in [0.15, 0.2) is 0 Å². The number of nitrogens with one attached hydrogen (secondary N) is 1. The average molecular weight is 581 g/mol. The van der Waals surface area contributed by atoms with Gasteiger partial charge in [-0.1, -0.05) is 97.9 Å².